The van der Waals surface area contributed by atoms with Crippen molar-refractivity contribution in [3.8, 4) is 5.75 Å². The molecule has 21 heavy (non-hydrogen) atoms. The van der Waals surface area contributed by atoms with Crippen LogP contribution in [-0.2, 0) is 4.79 Å². The van der Waals surface area contributed by atoms with Crippen LogP contribution in [0.5, 0.6) is 5.75 Å². The van der Waals surface area contributed by atoms with Gasteiger partial charge in [-0.3, -0.25) is 4.79 Å². The van der Waals surface area contributed by atoms with E-state index in [4.69, 9.17) is 27.9 Å². The Morgan fingerprint density at radius 1 is 1.43 bits per heavy atom. The summed E-state index contributed by atoms with van der Waals surface area (Å²) in [4.78, 5) is 13.1. The van der Waals surface area contributed by atoms with Gasteiger partial charge in [0.25, 0.3) is 0 Å². The van der Waals surface area contributed by atoms with E-state index >= 15 is 0 Å². The van der Waals surface area contributed by atoms with Crippen molar-refractivity contribution in [2.24, 2.45) is 0 Å². The average molecular weight is 335 g/mol. The highest BCUT2D eigenvalue weighted by molar-refractivity contribution is 6.42. The lowest BCUT2D eigenvalue weighted by atomic mass is 10.3. The number of benzene rings is 1. The van der Waals surface area contributed by atoms with Gasteiger partial charge in [0.05, 0.1) is 16.6 Å². The molecule has 0 bridgehead atoms. The summed E-state index contributed by atoms with van der Waals surface area (Å²) in [6.45, 7) is 3.11. The first kappa shape index (κ1) is 18.0. The maximum Gasteiger partial charge on any atom is 0.236 e. The van der Waals surface area contributed by atoms with Crippen molar-refractivity contribution in [2.75, 3.05) is 33.3 Å². The van der Waals surface area contributed by atoms with Crippen LogP contribution in [0.4, 0.5) is 0 Å². The minimum atomic E-state index is -0.723. The van der Waals surface area contributed by atoms with Gasteiger partial charge in [-0.1, -0.05) is 23.2 Å². The van der Waals surface area contributed by atoms with Crippen molar-refractivity contribution in [3.05, 3.63) is 28.2 Å². The highest BCUT2D eigenvalue weighted by Crippen LogP contribution is 2.26. The molecular formula is C14H20Cl2N2O3. The molecule has 1 aromatic rings. The van der Waals surface area contributed by atoms with E-state index in [-0.39, 0.29) is 25.6 Å². The van der Waals surface area contributed by atoms with Crippen molar-refractivity contribution < 1.29 is 14.6 Å². The fourth-order valence-electron chi connectivity index (χ4n) is 1.48. The van der Waals surface area contributed by atoms with Gasteiger partial charge < -0.3 is 20.1 Å². The van der Waals surface area contributed by atoms with E-state index in [9.17, 15) is 9.90 Å². The molecule has 1 atom stereocenters. The van der Waals surface area contributed by atoms with Crippen LogP contribution in [-0.4, -0.2) is 55.3 Å². The van der Waals surface area contributed by atoms with Crippen molar-refractivity contribution in [1.29, 1.82) is 0 Å². The molecule has 1 rings (SSSR count). The zero-order chi connectivity index (χ0) is 15.8. The van der Waals surface area contributed by atoms with Crippen molar-refractivity contribution in [3.63, 3.8) is 0 Å². The van der Waals surface area contributed by atoms with E-state index in [0.717, 1.165) is 0 Å². The second kappa shape index (κ2) is 9.10. The van der Waals surface area contributed by atoms with E-state index in [1.165, 1.54) is 0 Å². The van der Waals surface area contributed by atoms with E-state index in [2.05, 4.69) is 5.32 Å². The summed E-state index contributed by atoms with van der Waals surface area (Å²) < 4.78 is 5.40. The molecule has 0 fully saturated rings. The summed E-state index contributed by atoms with van der Waals surface area (Å²) in [5, 5.41) is 13.5. The van der Waals surface area contributed by atoms with Gasteiger partial charge in [-0.05, 0) is 19.1 Å². The second-order valence-corrected chi connectivity index (χ2v) is 5.39. The normalized spacial score (nSPS) is 12.0. The van der Waals surface area contributed by atoms with Crippen LogP contribution in [0.3, 0.4) is 0 Å². The minimum absolute atomic E-state index is 0.0184. The number of likely N-dealkylation sites (N-methyl/N-ethyl adjacent to an activating group) is 1. The molecule has 1 aromatic carbocycles. The van der Waals surface area contributed by atoms with Crippen LogP contribution in [0.15, 0.2) is 18.2 Å². The van der Waals surface area contributed by atoms with Gasteiger partial charge in [-0.2, -0.15) is 0 Å². The van der Waals surface area contributed by atoms with Crippen LogP contribution in [0.1, 0.15) is 6.92 Å². The van der Waals surface area contributed by atoms with Crippen molar-refractivity contribution in [2.45, 2.75) is 13.0 Å². The Labute approximate surface area is 134 Å². The Morgan fingerprint density at radius 3 is 2.76 bits per heavy atom. The zero-order valence-corrected chi connectivity index (χ0v) is 13.6. The molecule has 7 heteroatoms. The molecule has 0 saturated heterocycles. The Kier molecular flexibility index (Phi) is 7.82. The summed E-state index contributed by atoms with van der Waals surface area (Å²) in [5.41, 5.74) is 0. The maximum atomic E-state index is 11.5. The van der Waals surface area contributed by atoms with Gasteiger partial charge in [-0.25, -0.2) is 0 Å². The Bertz CT molecular complexity index is 472. The van der Waals surface area contributed by atoms with Gasteiger partial charge >= 0.3 is 0 Å². The second-order valence-electron chi connectivity index (χ2n) is 4.58. The van der Waals surface area contributed by atoms with Crippen LogP contribution >= 0.6 is 23.2 Å². The predicted octanol–water partition coefficient (Wildman–Crippen LogP) is 1.80. The third-order valence-electron chi connectivity index (χ3n) is 2.89. The first-order valence-electron chi connectivity index (χ1n) is 6.64. The number of halogens is 2. The Morgan fingerprint density at radius 2 is 2.14 bits per heavy atom. The third-order valence-corrected chi connectivity index (χ3v) is 3.63. The molecular weight excluding hydrogens is 315 g/mol. The van der Waals surface area contributed by atoms with E-state index in [1.807, 2.05) is 6.92 Å². The lowest BCUT2D eigenvalue weighted by Gasteiger charge is -2.16. The molecule has 0 radical (unpaired) electrons. The molecule has 0 aliphatic heterocycles. The third kappa shape index (κ3) is 6.52. The molecule has 1 amide bonds. The smallest absolute Gasteiger partial charge is 0.236 e. The highest BCUT2D eigenvalue weighted by Gasteiger charge is 2.09. The van der Waals surface area contributed by atoms with Crippen LogP contribution in [0, 0.1) is 0 Å². The van der Waals surface area contributed by atoms with E-state index in [0.29, 0.717) is 22.3 Å². The number of carbonyl (C=O) groups is 1. The zero-order valence-electron chi connectivity index (χ0n) is 12.1. The monoisotopic (exact) mass is 334 g/mol. The average Bonchev–Trinajstić information content (AvgIpc) is 2.47. The fourth-order valence-corrected chi connectivity index (χ4v) is 1.76. The predicted molar refractivity (Wildman–Crippen MR) is 84.1 cm³/mol. The molecule has 0 spiro atoms. The molecule has 1 unspecified atom stereocenters. The quantitative estimate of drug-likeness (QED) is 0.761. The van der Waals surface area contributed by atoms with Crippen molar-refractivity contribution >= 4 is 29.1 Å². The molecule has 5 nitrogen and oxygen atoms in total. The number of nitrogens with zero attached hydrogens (tertiary/aromatic N) is 1. The lowest BCUT2D eigenvalue weighted by Crippen LogP contribution is -2.39. The van der Waals surface area contributed by atoms with Crippen molar-refractivity contribution in [1.82, 2.24) is 10.2 Å². The van der Waals surface area contributed by atoms with Crippen LogP contribution < -0.4 is 10.1 Å². The maximum absolute atomic E-state index is 11.5. The number of hydrogen-bond donors (Lipinski definition) is 2. The van der Waals surface area contributed by atoms with Gasteiger partial charge in [0.2, 0.25) is 5.91 Å². The SMILES string of the molecule is CCN(C)C(=O)CNCC(O)COc1ccc(Cl)c(Cl)c1. The fraction of sp³-hybridized carbons (Fsp3) is 0.500. The molecule has 0 saturated carbocycles. The largest absolute Gasteiger partial charge is 0.491 e. The van der Waals surface area contributed by atoms with E-state index in [1.54, 1.807) is 30.1 Å². The number of amides is 1. The highest BCUT2D eigenvalue weighted by atomic mass is 35.5. The Balaban J connectivity index is 2.26. The lowest BCUT2D eigenvalue weighted by molar-refractivity contribution is -0.128. The minimum Gasteiger partial charge on any atom is -0.491 e. The molecule has 2 N–H and O–H groups in total. The number of carbonyl (C=O) groups excluding carboxylic acids is 1. The molecule has 118 valence electrons. The number of aliphatic hydroxyl groups is 1. The molecule has 0 aliphatic carbocycles. The Hall–Kier alpha value is -1.01. The summed E-state index contributed by atoms with van der Waals surface area (Å²) >= 11 is 11.7. The number of rotatable bonds is 8. The van der Waals surface area contributed by atoms with Gasteiger partial charge in [-0.15, -0.1) is 0 Å². The first-order chi connectivity index (χ1) is 9.93. The summed E-state index contributed by atoms with van der Waals surface area (Å²) in [5.74, 6) is 0.514. The van der Waals surface area contributed by atoms with E-state index < -0.39 is 6.10 Å². The molecule has 0 aliphatic rings. The number of aliphatic hydroxyl groups excluding tert-OH is 1. The van der Waals surface area contributed by atoms with Gasteiger partial charge in [0, 0.05) is 26.2 Å². The van der Waals surface area contributed by atoms with Crippen LogP contribution in [0.2, 0.25) is 10.0 Å². The summed E-state index contributed by atoms with van der Waals surface area (Å²) in [6.07, 6.45) is -0.723. The number of nitrogens with one attached hydrogen (secondary N) is 1. The topological polar surface area (TPSA) is 61.8 Å². The first-order valence-corrected chi connectivity index (χ1v) is 7.40. The number of ether oxygens (including phenoxy) is 1. The van der Waals surface area contributed by atoms with Gasteiger partial charge in [0.15, 0.2) is 0 Å². The molecule has 0 heterocycles. The standard InChI is InChI=1S/C14H20Cl2N2O3/c1-3-18(2)14(20)8-17-7-10(19)9-21-11-4-5-12(15)13(16)6-11/h4-6,10,17,19H,3,7-9H2,1-2H3. The van der Waals surface area contributed by atoms with Crippen LogP contribution in [0.25, 0.3) is 0 Å². The summed E-state index contributed by atoms with van der Waals surface area (Å²) in [6, 6.07) is 4.89. The summed E-state index contributed by atoms with van der Waals surface area (Å²) in [7, 11) is 1.73. The molecule has 0 aromatic heterocycles. The number of hydrogen-bond acceptors (Lipinski definition) is 4. The van der Waals surface area contributed by atoms with Gasteiger partial charge in [0.1, 0.15) is 18.5 Å².